The molecule has 1 aliphatic carbocycles. The molecule has 3 rings (SSSR count). The highest BCUT2D eigenvalue weighted by Crippen LogP contribution is 2.24. The van der Waals surface area contributed by atoms with Crippen LogP contribution in [0.5, 0.6) is 0 Å². The van der Waals surface area contributed by atoms with Gasteiger partial charge in [0.1, 0.15) is 5.82 Å². The maximum absolute atomic E-state index is 13.1. The second-order valence-electron chi connectivity index (χ2n) is 5.24. The van der Waals surface area contributed by atoms with E-state index in [0.717, 1.165) is 24.8 Å². The molecule has 2 atom stereocenters. The number of hydrogen-bond donors (Lipinski definition) is 3. The molecule has 19 heavy (non-hydrogen) atoms. The number of nitrogens with zero attached hydrogens (tertiary/aromatic N) is 1. The zero-order valence-corrected chi connectivity index (χ0v) is 10.7. The minimum absolute atomic E-state index is 0.219. The van der Waals surface area contributed by atoms with Crippen molar-refractivity contribution in [2.45, 2.75) is 31.8 Å². The van der Waals surface area contributed by atoms with E-state index in [4.69, 9.17) is 0 Å². The molecular formula is C14H18FN3O. The van der Waals surface area contributed by atoms with Crippen LogP contribution < -0.4 is 5.32 Å². The normalized spacial score (nSPS) is 23.7. The number of anilines is 1. The number of fused-ring (bicyclic) bond motifs is 1. The molecule has 4 nitrogen and oxygen atoms in total. The summed E-state index contributed by atoms with van der Waals surface area (Å²) in [4.78, 5) is 7.40. The Labute approximate surface area is 111 Å². The fraction of sp³-hybridized carbons (Fsp3) is 0.500. The van der Waals surface area contributed by atoms with Gasteiger partial charge in [-0.2, -0.15) is 0 Å². The van der Waals surface area contributed by atoms with Gasteiger partial charge in [0.15, 0.2) is 0 Å². The second kappa shape index (κ2) is 5.17. The van der Waals surface area contributed by atoms with Gasteiger partial charge in [-0.05, 0) is 31.0 Å². The van der Waals surface area contributed by atoms with Crippen molar-refractivity contribution in [2.75, 3.05) is 11.9 Å². The van der Waals surface area contributed by atoms with Gasteiger partial charge < -0.3 is 15.4 Å². The van der Waals surface area contributed by atoms with Crippen LogP contribution in [-0.2, 0) is 0 Å². The third-order valence-electron chi connectivity index (χ3n) is 3.84. The molecule has 0 bridgehead atoms. The number of imidazole rings is 1. The average Bonchev–Trinajstić information content (AvgIpc) is 2.79. The molecule has 1 saturated carbocycles. The minimum Gasteiger partial charge on any atom is -0.393 e. The highest BCUT2D eigenvalue weighted by molar-refractivity contribution is 5.77. The van der Waals surface area contributed by atoms with Crippen molar-refractivity contribution >= 4 is 17.0 Å². The second-order valence-corrected chi connectivity index (χ2v) is 5.24. The molecule has 1 aliphatic rings. The lowest BCUT2D eigenvalue weighted by Crippen LogP contribution is -2.30. The van der Waals surface area contributed by atoms with E-state index >= 15 is 0 Å². The van der Waals surface area contributed by atoms with Crippen molar-refractivity contribution in [3.63, 3.8) is 0 Å². The third-order valence-corrected chi connectivity index (χ3v) is 3.84. The first-order valence-electron chi connectivity index (χ1n) is 6.79. The van der Waals surface area contributed by atoms with Gasteiger partial charge in [-0.25, -0.2) is 9.37 Å². The first kappa shape index (κ1) is 12.4. The first-order chi connectivity index (χ1) is 9.22. The summed E-state index contributed by atoms with van der Waals surface area (Å²) in [6.45, 7) is 0.698. The summed E-state index contributed by atoms with van der Waals surface area (Å²) >= 11 is 0. The number of aromatic nitrogens is 2. The molecule has 0 radical (unpaired) electrons. The summed E-state index contributed by atoms with van der Waals surface area (Å²) in [6.07, 6.45) is 4.00. The van der Waals surface area contributed by atoms with Crippen LogP contribution in [0.25, 0.3) is 11.0 Å². The fourth-order valence-electron chi connectivity index (χ4n) is 2.72. The molecule has 3 N–H and O–H groups in total. The molecule has 0 aliphatic heterocycles. The van der Waals surface area contributed by atoms with E-state index < -0.39 is 0 Å². The molecular weight excluding hydrogens is 245 g/mol. The summed E-state index contributed by atoms with van der Waals surface area (Å²) in [5.74, 6) is 0.641. The smallest absolute Gasteiger partial charge is 0.201 e. The molecule has 1 aromatic carbocycles. The van der Waals surface area contributed by atoms with E-state index in [-0.39, 0.29) is 17.8 Å². The van der Waals surface area contributed by atoms with Crippen molar-refractivity contribution in [1.29, 1.82) is 0 Å². The van der Waals surface area contributed by atoms with Crippen LogP contribution in [0.4, 0.5) is 10.3 Å². The van der Waals surface area contributed by atoms with Crippen LogP contribution in [0.1, 0.15) is 25.7 Å². The largest absolute Gasteiger partial charge is 0.393 e. The van der Waals surface area contributed by atoms with Crippen molar-refractivity contribution in [3.05, 3.63) is 24.0 Å². The van der Waals surface area contributed by atoms with Crippen molar-refractivity contribution in [3.8, 4) is 0 Å². The number of aromatic amines is 1. The van der Waals surface area contributed by atoms with Crippen LogP contribution >= 0.6 is 0 Å². The Morgan fingerprint density at radius 1 is 1.37 bits per heavy atom. The van der Waals surface area contributed by atoms with E-state index in [9.17, 15) is 9.50 Å². The lowest BCUT2D eigenvalue weighted by molar-refractivity contribution is 0.0762. The Balaban J connectivity index is 1.68. The van der Waals surface area contributed by atoms with E-state index in [0.29, 0.717) is 18.0 Å². The van der Waals surface area contributed by atoms with Crippen LogP contribution in [0.3, 0.4) is 0 Å². The number of aliphatic hydroxyl groups is 1. The van der Waals surface area contributed by atoms with Crippen molar-refractivity contribution in [1.82, 2.24) is 9.97 Å². The maximum Gasteiger partial charge on any atom is 0.201 e. The number of H-pyrrole nitrogens is 1. The Morgan fingerprint density at radius 2 is 2.21 bits per heavy atom. The number of nitrogens with one attached hydrogen (secondary N) is 2. The lowest BCUT2D eigenvalue weighted by atomic mass is 9.86. The van der Waals surface area contributed by atoms with Crippen LogP contribution in [-0.4, -0.2) is 27.7 Å². The first-order valence-corrected chi connectivity index (χ1v) is 6.79. The highest BCUT2D eigenvalue weighted by Gasteiger charge is 2.22. The zero-order valence-electron chi connectivity index (χ0n) is 10.7. The van der Waals surface area contributed by atoms with Crippen LogP contribution in [0.2, 0.25) is 0 Å². The number of hydrogen-bond acceptors (Lipinski definition) is 3. The molecule has 0 saturated heterocycles. The lowest BCUT2D eigenvalue weighted by Gasteiger charge is -2.27. The van der Waals surface area contributed by atoms with E-state index in [1.807, 2.05) is 0 Å². The van der Waals surface area contributed by atoms with Gasteiger partial charge in [-0.1, -0.05) is 12.8 Å². The number of rotatable bonds is 3. The number of benzene rings is 1. The van der Waals surface area contributed by atoms with Gasteiger partial charge in [0, 0.05) is 12.5 Å². The number of halogens is 1. The molecule has 2 unspecified atom stereocenters. The molecule has 1 aromatic heterocycles. The Kier molecular flexibility index (Phi) is 3.38. The van der Waals surface area contributed by atoms with Crippen LogP contribution in [0, 0.1) is 11.7 Å². The molecule has 0 spiro atoms. The van der Waals surface area contributed by atoms with E-state index in [2.05, 4.69) is 15.3 Å². The molecule has 5 heteroatoms. The van der Waals surface area contributed by atoms with Gasteiger partial charge in [0.25, 0.3) is 0 Å². The Hall–Kier alpha value is -1.62. The molecule has 1 fully saturated rings. The summed E-state index contributed by atoms with van der Waals surface area (Å²) < 4.78 is 13.1. The van der Waals surface area contributed by atoms with Gasteiger partial charge >= 0.3 is 0 Å². The average molecular weight is 263 g/mol. The van der Waals surface area contributed by atoms with Crippen molar-refractivity contribution in [2.24, 2.45) is 5.92 Å². The summed E-state index contributed by atoms with van der Waals surface area (Å²) in [5.41, 5.74) is 1.43. The zero-order chi connectivity index (χ0) is 13.2. The minimum atomic E-state index is -0.273. The quantitative estimate of drug-likeness (QED) is 0.798. The van der Waals surface area contributed by atoms with Gasteiger partial charge in [0.05, 0.1) is 17.1 Å². The van der Waals surface area contributed by atoms with E-state index in [1.54, 1.807) is 6.07 Å². The standard InChI is InChI=1S/C14H18FN3O/c15-10-5-6-11-12(7-10)18-14(17-11)16-8-9-3-1-2-4-13(9)19/h5-7,9,13,19H,1-4,8H2,(H2,16,17,18). The predicted molar refractivity (Wildman–Crippen MR) is 72.5 cm³/mol. The van der Waals surface area contributed by atoms with Gasteiger partial charge in [-0.15, -0.1) is 0 Å². The predicted octanol–water partition coefficient (Wildman–Crippen LogP) is 2.67. The molecule has 102 valence electrons. The highest BCUT2D eigenvalue weighted by atomic mass is 19.1. The molecule has 0 amide bonds. The summed E-state index contributed by atoms with van der Waals surface area (Å²) in [7, 11) is 0. The van der Waals surface area contributed by atoms with Crippen LogP contribution in [0.15, 0.2) is 18.2 Å². The Morgan fingerprint density at radius 3 is 3.05 bits per heavy atom. The Bertz CT molecular complexity index is 569. The number of aliphatic hydroxyl groups excluding tert-OH is 1. The molecule has 2 aromatic rings. The topological polar surface area (TPSA) is 60.9 Å². The maximum atomic E-state index is 13.1. The summed E-state index contributed by atoms with van der Waals surface area (Å²) in [6, 6.07) is 4.49. The van der Waals surface area contributed by atoms with Gasteiger partial charge in [0.2, 0.25) is 5.95 Å². The monoisotopic (exact) mass is 263 g/mol. The third kappa shape index (κ3) is 2.71. The fourth-order valence-corrected chi connectivity index (χ4v) is 2.72. The van der Waals surface area contributed by atoms with Gasteiger partial charge in [-0.3, -0.25) is 0 Å². The summed E-state index contributed by atoms with van der Waals surface area (Å²) in [5, 5.41) is 13.1. The SMILES string of the molecule is OC1CCCCC1CNc1nc2ccc(F)cc2[nH]1. The van der Waals surface area contributed by atoms with E-state index in [1.165, 1.54) is 18.6 Å². The van der Waals surface area contributed by atoms with Crippen molar-refractivity contribution < 1.29 is 9.50 Å². The molecule has 1 heterocycles.